The van der Waals surface area contributed by atoms with Gasteiger partial charge in [0, 0.05) is 16.7 Å². The largest absolute Gasteiger partial charge is 0.240 e. The Kier molecular flexibility index (Phi) is 3.87. The molecular formula is C15H15N3S. The number of hydrogen-bond acceptors (Lipinski definition) is 4. The summed E-state index contributed by atoms with van der Waals surface area (Å²) in [7, 11) is 0. The number of hydrogen-bond donors (Lipinski definition) is 0. The van der Waals surface area contributed by atoms with Gasteiger partial charge < -0.3 is 0 Å². The Morgan fingerprint density at radius 1 is 1.16 bits per heavy atom. The second-order valence-corrected chi connectivity index (χ2v) is 5.61. The number of benzene rings is 1. The van der Waals surface area contributed by atoms with Crippen LogP contribution in [0, 0.1) is 11.3 Å². The van der Waals surface area contributed by atoms with E-state index in [1.54, 1.807) is 18.0 Å². The molecule has 0 aliphatic heterocycles. The molecule has 4 heteroatoms. The molecule has 0 atom stereocenters. The van der Waals surface area contributed by atoms with Gasteiger partial charge in [-0.05, 0) is 38.3 Å². The van der Waals surface area contributed by atoms with Gasteiger partial charge >= 0.3 is 0 Å². The molecular weight excluding hydrogens is 254 g/mol. The standard InChI is InChI=1S/C15H15N3S/c1-15(2,10-16)14-17-9-8-13(18-14)11-4-6-12(19-3)7-5-11/h4-9H,1-3H3. The second-order valence-electron chi connectivity index (χ2n) is 4.73. The van der Waals surface area contributed by atoms with Gasteiger partial charge in [0.1, 0.15) is 11.2 Å². The fraction of sp³-hybridized carbons (Fsp3) is 0.267. The minimum absolute atomic E-state index is 0.557. The summed E-state index contributed by atoms with van der Waals surface area (Å²) in [5.74, 6) is 0.557. The summed E-state index contributed by atoms with van der Waals surface area (Å²) in [6.45, 7) is 3.64. The second kappa shape index (κ2) is 5.41. The van der Waals surface area contributed by atoms with Crippen molar-refractivity contribution in [3.63, 3.8) is 0 Å². The lowest BCUT2D eigenvalue weighted by Crippen LogP contribution is -2.18. The molecule has 2 aromatic rings. The molecule has 0 unspecified atom stereocenters. The van der Waals surface area contributed by atoms with E-state index >= 15 is 0 Å². The molecule has 0 spiro atoms. The highest BCUT2D eigenvalue weighted by Gasteiger charge is 2.23. The van der Waals surface area contributed by atoms with Gasteiger partial charge in [-0.25, -0.2) is 9.97 Å². The highest BCUT2D eigenvalue weighted by molar-refractivity contribution is 7.98. The number of nitrogens with zero attached hydrogens (tertiary/aromatic N) is 3. The van der Waals surface area contributed by atoms with Crippen molar-refractivity contribution in [3.05, 3.63) is 42.4 Å². The van der Waals surface area contributed by atoms with Crippen LogP contribution in [-0.2, 0) is 5.41 Å². The zero-order chi connectivity index (χ0) is 13.9. The van der Waals surface area contributed by atoms with E-state index < -0.39 is 5.41 Å². The Morgan fingerprint density at radius 2 is 1.84 bits per heavy atom. The minimum Gasteiger partial charge on any atom is -0.240 e. The fourth-order valence-corrected chi connectivity index (χ4v) is 2.04. The third-order valence-electron chi connectivity index (χ3n) is 2.88. The van der Waals surface area contributed by atoms with E-state index in [1.165, 1.54) is 4.90 Å². The van der Waals surface area contributed by atoms with E-state index in [9.17, 15) is 0 Å². The molecule has 0 bridgehead atoms. The van der Waals surface area contributed by atoms with Crippen molar-refractivity contribution in [2.45, 2.75) is 24.2 Å². The van der Waals surface area contributed by atoms with Gasteiger partial charge in [0.25, 0.3) is 0 Å². The highest BCUT2D eigenvalue weighted by atomic mass is 32.2. The van der Waals surface area contributed by atoms with Crippen LogP contribution < -0.4 is 0 Å². The van der Waals surface area contributed by atoms with E-state index in [4.69, 9.17) is 5.26 Å². The van der Waals surface area contributed by atoms with Crippen LogP contribution in [0.2, 0.25) is 0 Å². The van der Waals surface area contributed by atoms with Crippen molar-refractivity contribution in [3.8, 4) is 17.3 Å². The Hall–Kier alpha value is -1.86. The van der Waals surface area contributed by atoms with Crippen molar-refractivity contribution < 1.29 is 0 Å². The van der Waals surface area contributed by atoms with Crippen LogP contribution in [0.1, 0.15) is 19.7 Å². The van der Waals surface area contributed by atoms with Crippen molar-refractivity contribution in [2.75, 3.05) is 6.26 Å². The first kappa shape index (κ1) is 13.6. The molecule has 3 nitrogen and oxygen atoms in total. The first-order valence-electron chi connectivity index (χ1n) is 5.96. The predicted octanol–water partition coefficient (Wildman–Crippen LogP) is 3.67. The summed E-state index contributed by atoms with van der Waals surface area (Å²) < 4.78 is 0. The van der Waals surface area contributed by atoms with Crippen molar-refractivity contribution in [1.82, 2.24) is 9.97 Å². The van der Waals surface area contributed by atoms with Gasteiger partial charge in [0.2, 0.25) is 0 Å². The first-order valence-corrected chi connectivity index (χ1v) is 7.18. The zero-order valence-corrected chi connectivity index (χ0v) is 12.0. The molecule has 0 saturated carbocycles. The minimum atomic E-state index is -0.671. The summed E-state index contributed by atoms with van der Waals surface area (Å²) in [4.78, 5) is 9.92. The lowest BCUT2D eigenvalue weighted by Gasteiger charge is -2.14. The van der Waals surface area contributed by atoms with Gasteiger partial charge in [-0.2, -0.15) is 5.26 Å². The molecule has 0 fully saturated rings. The Morgan fingerprint density at radius 3 is 2.42 bits per heavy atom. The summed E-state index contributed by atoms with van der Waals surface area (Å²) in [6, 6.07) is 12.3. The molecule has 1 aromatic heterocycles. The van der Waals surface area contributed by atoms with Gasteiger partial charge in [-0.1, -0.05) is 12.1 Å². The average Bonchev–Trinajstić information content (AvgIpc) is 2.47. The van der Waals surface area contributed by atoms with Crippen molar-refractivity contribution in [1.29, 1.82) is 5.26 Å². The monoisotopic (exact) mass is 269 g/mol. The quantitative estimate of drug-likeness (QED) is 0.798. The summed E-state index contributed by atoms with van der Waals surface area (Å²) in [6.07, 6.45) is 3.76. The Balaban J connectivity index is 2.41. The zero-order valence-electron chi connectivity index (χ0n) is 11.2. The maximum absolute atomic E-state index is 9.14. The molecule has 0 aliphatic rings. The van der Waals surface area contributed by atoms with E-state index in [0.717, 1.165) is 11.3 Å². The smallest absolute Gasteiger partial charge is 0.148 e. The Labute approximate surface area is 117 Å². The lowest BCUT2D eigenvalue weighted by atomic mass is 9.94. The van der Waals surface area contributed by atoms with Crippen LogP contribution in [0.5, 0.6) is 0 Å². The van der Waals surface area contributed by atoms with E-state index in [0.29, 0.717) is 5.82 Å². The van der Waals surface area contributed by atoms with E-state index in [-0.39, 0.29) is 0 Å². The predicted molar refractivity (Wildman–Crippen MR) is 77.9 cm³/mol. The van der Waals surface area contributed by atoms with E-state index in [1.807, 2.05) is 38.3 Å². The molecule has 19 heavy (non-hydrogen) atoms. The number of thioether (sulfide) groups is 1. The molecule has 0 radical (unpaired) electrons. The first-order chi connectivity index (χ1) is 9.06. The molecule has 0 aliphatic carbocycles. The normalized spacial score (nSPS) is 11.1. The maximum atomic E-state index is 9.14. The van der Waals surface area contributed by atoms with Gasteiger partial charge in [-0.3, -0.25) is 0 Å². The highest BCUT2D eigenvalue weighted by Crippen LogP contribution is 2.24. The fourth-order valence-electron chi connectivity index (χ4n) is 1.63. The molecule has 2 rings (SSSR count). The summed E-state index contributed by atoms with van der Waals surface area (Å²) >= 11 is 1.71. The van der Waals surface area contributed by atoms with E-state index in [2.05, 4.69) is 28.2 Å². The number of nitriles is 1. The number of aromatic nitrogens is 2. The van der Waals surface area contributed by atoms with Crippen LogP contribution in [0.15, 0.2) is 41.4 Å². The van der Waals surface area contributed by atoms with Crippen molar-refractivity contribution in [2.24, 2.45) is 0 Å². The SMILES string of the molecule is CSc1ccc(-c2ccnc(C(C)(C)C#N)n2)cc1. The average molecular weight is 269 g/mol. The van der Waals surface area contributed by atoms with Crippen LogP contribution in [0.4, 0.5) is 0 Å². The van der Waals surface area contributed by atoms with Crippen LogP contribution in [-0.4, -0.2) is 16.2 Å². The Bertz CT molecular complexity index is 612. The molecule has 0 saturated heterocycles. The van der Waals surface area contributed by atoms with Crippen LogP contribution in [0.25, 0.3) is 11.3 Å². The molecule has 0 N–H and O–H groups in total. The molecule has 0 amide bonds. The van der Waals surface area contributed by atoms with Gasteiger partial charge in [0.05, 0.1) is 11.8 Å². The lowest BCUT2D eigenvalue weighted by molar-refractivity contribution is 0.630. The van der Waals surface area contributed by atoms with Gasteiger partial charge in [-0.15, -0.1) is 11.8 Å². The molecule has 1 aromatic carbocycles. The third kappa shape index (κ3) is 2.94. The molecule has 96 valence electrons. The summed E-state index contributed by atoms with van der Waals surface area (Å²) in [5, 5.41) is 9.14. The number of rotatable bonds is 3. The third-order valence-corrected chi connectivity index (χ3v) is 3.62. The van der Waals surface area contributed by atoms with Crippen molar-refractivity contribution >= 4 is 11.8 Å². The molecule has 1 heterocycles. The maximum Gasteiger partial charge on any atom is 0.148 e. The van der Waals surface area contributed by atoms with Gasteiger partial charge in [0.15, 0.2) is 0 Å². The van der Waals surface area contributed by atoms with Crippen LogP contribution >= 0.6 is 11.8 Å². The van der Waals surface area contributed by atoms with Crippen LogP contribution in [0.3, 0.4) is 0 Å². The topological polar surface area (TPSA) is 49.6 Å². The summed E-state index contributed by atoms with van der Waals surface area (Å²) in [5.41, 5.74) is 1.21.